The van der Waals surface area contributed by atoms with Crippen molar-refractivity contribution >= 4 is 40.5 Å². The number of hydrazone groups is 1. The molecule has 4 fully saturated rings. The molecule has 5 rings (SSSR count). The molecule has 1 aromatic rings. The van der Waals surface area contributed by atoms with E-state index in [0.717, 1.165) is 50.0 Å². The third-order valence-electron chi connectivity index (χ3n) is 11.8. The fourth-order valence-electron chi connectivity index (χ4n) is 9.42. The minimum Gasteiger partial charge on any atom is -0.497 e. The van der Waals surface area contributed by atoms with Crippen LogP contribution in [0.25, 0.3) is 0 Å². The fourth-order valence-corrected chi connectivity index (χ4v) is 9.59. The zero-order chi connectivity index (χ0) is 29.4. The number of Topliss-reactive ketones (excluding diaryl/α,β-unsaturated/α-hetero) is 1. The Bertz CT molecular complexity index is 1190. The Labute approximate surface area is 250 Å². The van der Waals surface area contributed by atoms with Crippen LogP contribution in [0.4, 0.5) is 5.69 Å². The van der Waals surface area contributed by atoms with Gasteiger partial charge in [-0.15, -0.1) is 0 Å². The fraction of sp³-hybridized carbons (Fsp3) is 0.697. The molecule has 0 spiro atoms. The van der Waals surface area contributed by atoms with Gasteiger partial charge in [-0.05, 0) is 129 Å². The van der Waals surface area contributed by atoms with Gasteiger partial charge < -0.3 is 14.8 Å². The van der Waals surface area contributed by atoms with Gasteiger partial charge in [0.2, 0.25) is 0 Å². The molecule has 4 aliphatic carbocycles. The Morgan fingerprint density at radius 1 is 1.10 bits per heavy atom. The van der Waals surface area contributed by atoms with Crippen molar-refractivity contribution in [1.82, 2.24) is 5.43 Å². The number of esters is 1. The van der Waals surface area contributed by atoms with Crippen LogP contribution in [0.5, 0.6) is 5.75 Å². The quantitative estimate of drug-likeness (QED) is 0.209. The predicted octanol–water partition coefficient (Wildman–Crippen LogP) is 6.76. The first-order valence-electron chi connectivity index (χ1n) is 15.5. The van der Waals surface area contributed by atoms with E-state index in [1.807, 2.05) is 24.3 Å². The number of carbonyl (C=O) groups excluding carboxylic acids is 2. The molecule has 0 amide bonds. The standard InChI is InChI=1S/C33H47N3O4S/c1-20(6-15-30(38)40-5)26-13-14-27-25-12-7-21-18-23(16-17-32(21,2)28(25)19-29(37)33(26,27)3)35-36-31(41)34-22-8-10-24(39-4)11-9-22/h8-11,20-21,25-28H,6-7,12-19H2,1-5H3,(H2,34,36,41)/b35-23+/t20-,21-,25+,26-,27+,28+,32+,33-/m1/s1. The van der Waals surface area contributed by atoms with Crippen LogP contribution in [0.2, 0.25) is 0 Å². The van der Waals surface area contributed by atoms with Gasteiger partial charge in [-0.3, -0.25) is 15.0 Å². The molecule has 0 saturated heterocycles. The number of anilines is 1. The summed E-state index contributed by atoms with van der Waals surface area (Å²) in [5, 5.41) is 8.39. The number of fused-ring (bicyclic) bond motifs is 5. The molecule has 2 N–H and O–H groups in total. The zero-order valence-corrected chi connectivity index (χ0v) is 26.1. The van der Waals surface area contributed by atoms with Crippen LogP contribution in [0, 0.1) is 46.3 Å². The smallest absolute Gasteiger partial charge is 0.305 e. The lowest BCUT2D eigenvalue weighted by Crippen LogP contribution is -2.57. The summed E-state index contributed by atoms with van der Waals surface area (Å²) in [5.41, 5.74) is 5.06. The van der Waals surface area contributed by atoms with E-state index in [1.54, 1.807) is 7.11 Å². The van der Waals surface area contributed by atoms with E-state index in [2.05, 4.69) is 31.5 Å². The lowest BCUT2D eigenvalue weighted by molar-refractivity contribution is -0.155. The Kier molecular flexibility index (Phi) is 8.79. The summed E-state index contributed by atoms with van der Waals surface area (Å²) in [7, 11) is 3.10. The Morgan fingerprint density at radius 2 is 1.85 bits per heavy atom. The second kappa shape index (κ2) is 12.0. The van der Waals surface area contributed by atoms with Crippen molar-refractivity contribution in [1.29, 1.82) is 0 Å². The summed E-state index contributed by atoms with van der Waals surface area (Å²) in [4.78, 5) is 25.8. The van der Waals surface area contributed by atoms with Gasteiger partial charge in [-0.25, -0.2) is 0 Å². The first kappa shape index (κ1) is 30.0. The number of nitrogens with one attached hydrogen (secondary N) is 2. The van der Waals surface area contributed by atoms with Crippen molar-refractivity contribution in [3.8, 4) is 5.75 Å². The third-order valence-corrected chi connectivity index (χ3v) is 12.0. The highest BCUT2D eigenvalue weighted by Gasteiger charge is 2.63. The maximum atomic E-state index is 14.1. The van der Waals surface area contributed by atoms with E-state index in [9.17, 15) is 9.59 Å². The lowest BCUT2D eigenvalue weighted by Gasteiger charge is -2.60. The van der Waals surface area contributed by atoms with Gasteiger partial charge in [0.1, 0.15) is 11.5 Å². The normalized spacial score (nSPS) is 36.0. The van der Waals surface area contributed by atoms with Crippen LogP contribution in [0.1, 0.15) is 85.0 Å². The number of hydrogen-bond donors (Lipinski definition) is 2. The molecule has 224 valence electrons. The summed E-state index contributed by atoms with van der Waals surface area (Å²) in [5.74, 6) is 3.95. The van der Waals surface area contributed by atoms with Gasteiger partial charge in [0, 0.05) is 29.7 Å². The number of nitrogens with zero attached hydrogens (tertiary/aromatic N) is 1. The molecule has 41 heavy (non-hydrogen) atoms. The van der Waals surface area contributed by atoms with Gasteiger partial charge in [0.15, 0.2) is 5.11 Å². The zero-order valence-electron chi connectivity index (χ0n) is 25.3. The van der Waals surface area contributed by atoms with E-state index < -0.39 is 0 Å². The monoisotopic (exact) mass is 581 g/mol. The molecule has 7 nitrogen and oxygen atoms in total. The first-order chi connectivity index (χ1) is 19.6. The van der Waals surface area contributed by atoms with Crippen LogP contribution < -0.4 is 15.5 Å². The number of ether oxygens (including phenoxy) is 2. The molecule has 4 aliphatic rings. The molecule has 1 aromatic carbocycles. The Balaban J connectivity index is 1.22. The average Bonchev–Trinajstić information content (AvgIpc) is 3.34. The van der Waals surface area contributed by atoms with Crippen molar-refractivity contribution in [2.24, 2.45) is 51.4 Å². The number of rotatable bonds is 7. The van der Waals surface area contributed by atoms with Crippen molar-refractivity contribution in [3.63, 3.8) is 0 Å². The number of carbonyl (C=O) groups is 2. The van der Waals surface area contributed by atoms with Crippen molar-refractivity contribution in [3.05, 3.63) is 24.3 Å². The molecule has 0 heterocycles. The second-order valence-electron chi connectivity index (χ2n) is 13.5. The summed E-state index contributed by atoms with van der Waals surface area (Å²) in [6.07, 6.45) is 9.61. The van der Waals surface area contributed by atoms with Crippen LogP contribution in [0.3, 0.4) is 0 Å². The van der Waals surface area contributed by atoms with Crippen molar-refractivity contribution in [2.75, 3.05) is 19.5 Å². The van der Waals surface area contributed by atoms with Crippen LogP contribution in [-0.2, 0) is 14.3 Å². The topological polar surface area (TPSA) is 89.0 Å². The molecule has 4 saturated carbocycles. The minimum absolute atomic E-state index is 0.149. The van der Waals surface area contributed by atoms with Crippen molar-refractivity contribution in [2.45, 2.75) is 85.0 Å². The van der Waals surface area contributed by atoms with Crippen molar-refractivity contribution < 1.29 is 19.1 Å². The molecule has 8 heteroatoms. The molecule has 0 bridgehead atoms. The van der Waals surface area contributed by atoms with E-state index in [0.29, 0.717) is 59.2 Å². The van der Waals surface area contributed by atoms with E-state index in [4.69, 9.17) is 26.8 Å². The summed E-state index contributed by atoms with van der Waals surface area (Å²) >= 11 is 5.49. The average molecular weight is 582 g/mol. The largest absolute Gasteiger partial charge is 0.497 e. The second-order valence-corrected chi connectivity index (χ2v) is 13.9. The molecule has 0 aliphatic heterocycles. The summed E-state index contributed by atoms with van der Waals surface area (Å²) in [6.45, 7) is 6.99. The van der Waals surface area contributed by atoms with Crippen LogP contribution >= 0.6 is 12.2 Å². The maximum absolute atomic E-state index is 14.1. The van der Waals surface area contributed by atoms with Gasteiger partial charge >= 0.3 is 5.97 Å². The molecule has 0 radical (unpaired) electrons. The van der Waals surface area contributed by atoms with Gasteiger partial charge in [0.05, 0.1) is 14.2 Å². The van der Waals surface area contributed by atoms with Gasteiger partial charge in [-0.2, -0.15) is 5.10 Å². The lowest BCUT2D eigenvalue weighted by atomic mass is 9.44. The highest BCUT2D eigenvalue weighted by atomic mass is 32.1. The number of ketones is 1. The molecule has 8 atom stereocenters. The van der Waals surface area contributed by atoms with E-state index in [1.165, 1.54) is 25.7 Å². The summed E-state index contributed by atoms with van der Waals surface area (Å²) in [6, 6.07) is 7.64. The minimum atomic E-state index is -0.252. The van der Waals surface area contributed by atoms with Crippen LogP contribution in [0.15, 0.2) is 29.4 Å². The molecular weight excluding hydrogens is 534 g/mol. The highest BCUT2D eigenvalue weighted by Crippen LogP contribution is 2.67. The number of methoxy groups -OCH3 is 2. The Hall–Kier alpha value is -2.48. The SMILES string of the molecule is COC(=O)CC[C@@H](C)[C@H]1CC[C@H]2[C@@H]3CC[C@@H]4C/C(=N/NC(=S)Nc5ccc(OC)cc5)CC[C@]4(C)[C@H]3CC(=O)[C@]12C. The third kappa shape index (κ3) is 5.65. The number of benzene rings is 1. The van der Waals surface area contributed by atoms with E-state index >= 15 is 0 Å². The highest BCUT2D eigenvalue weighted by molar-refractivity contribution is 7.80. The summed E-state index contributed by atoms with van der Waals surface area (Å²) < 4.78 is 10.1. The number of thiocarbonyl (C=S) groups is 1. The Morgan fingerprint density at radius 3 is 2.56 bits per heavy atom. The molecular formula is C33H47N3O4S. The number of hydrogen-bond acceptors (Lipinski definition) is 6. The maximum Gasteiger partial charge on any atom is 0.305 e. The van der Waals surface area contributed by atoms with Gasteiger partial charge in [0.25, 0.3) is 0 Å². The van der Waals surface area contributed by atoms with E-state index in [-0.39, 0.29) is 16.8 Å². The van der Waals surface area contributed by atoms with Gasteiger partial charge in [-0.1, -0.05) is 20.8 Å². The predicted molar refractivity (Wildman–Crippen MR) is 166 cm³/mol. The molecule has 0 aromatic heterocycles. The molecule has 0 unspecified atom stereocenters. The first-order valence-corrected chi connectivity index (χ1v) is 15.9. The van der Waals surface area contributed by atoms with Crippen LogP contribution in [-0.4, -0.2) is 36.8 Å².